The molecule has 23 heavy (non-hydrogen) atoms. The van der Waals surface area contributed by atoms with Crippen LogP contribution in [0.25, 0.3) is 0 Å². The lowest BCUT2D eigenvalue weighted by atomic mass is 9.94. The van der Waals surface area contributed by atoms with Gasteiger partial charge in [-0.2, -0.15) is 0 Å². The van der Waals surface area contributed by atoms with E-state index in [-0.39, 0.29) is 5.41 Å². The number of anilines is 1. The Morgan fingerprint density at radius 1 is 1.17 bits per heavy atom. The molecule has 0 radical (unpaired) electrons. The number of carbonyl (C=O) groups is 1. The Morgan fingerprint density at radius 2 is 2.00 bits per heavy atom. The molecule has 1 atom stereocenters. The third kappa shape index (κ3) is 2.69. The molecule has 2 aliphatic rings. The van der Waals surface area contributed by atoms with Crippen molar-refractivity contribution in [3.63, 3.8) is 0 Å². The van der Waals surface area contributed by atoms with E-state index in [0.29, 0.717) is 11.9 Å². The highest BCUT2D eigenvalue weighted by Gasteiger charge is 2.53. The Kier molecular flexibility index (Phi) is 3.52. The minimum absolute atomic E-state index is 0.246. The van der Waals surface area contributed by atoms with E-state index in [0.717, 1.165) is 38.0 Å². The number of carbonyl (C=O) groups excluding carboxylic acids is 1. The zero-order chi connectivity index (χ0) is 15.7. The molecule has 2 heterocycles. The molecule has 1 aromatic heterocycles. The maximum Gasteiger partial charge on any atom is 0.233 e. The third-order valence-electron chi connectivity index (χ3n) is 4.99. The zero-order valence-corrected chi connectivity index (χ0v) is 13.1. The molecule has 1 aliphatic carbocycles. The summed E-state index contributed by atoms with van der Waals surface area (Å²) in [4.78, 5) is 19.2. The van der Waals surface area contributed by atoms with Crippen molar-refractivity contribution in [2.45, 2.75) is 30.7 Å². The van der Waals surface area contributed by atoms with Crippen LogP contribution >= 0.6 is 0 Å². The molecule has 2 fully saturated rings. The van der Waals surface area contributed by atoms with Gasteiger partial charge in [-0.3, -0.25) is 9.78 Å². The number of amides is 1. The summed E-state index contributed by atoms with van der Waals surface area (Å²) in [7, 11) is 0. The van der Waals surface area contributed by atoms with E-state index in [9.17, 15) is 4.79 Å². The van der Waals surface area contributed by atoms with Crippen molar-refractivity contribution in [1.82, 2.24) is 9.88 Å². The normalized spacial score (nSPS) is 21.9. The molecule has 2 aromatic rings. The van der Waals surface area contributed by atoms with Gasteiger partial charge in [-0.1, -0.05) is 30.3 Å². The van der Waals surface area contributed by atoms with E-state index >= 15 is 0 Å². The second-order valence-electron chi connectivity index (χ2n) is 6.57. The van der Waals surface area contributed by atoms with Gasteiger partial charge >= 0.3 is 0 Å². The van der Waals surface area contributed by atoms with Gasteiger partial charge in [-0.15, -0.1) is 0 Å². The van der Waals surface area contributed by atoms with Gasteiger partial charge in [0.25, 0.3) is 0 Å². The first-order valence-corrected chi connectivity index (χ1v) is 8.29. The number of likely N-dealkylation sites (tertiary alicyclic amines) is 1. The number of hydrogen-bond acceptors (Lipinski definition) is 3. The minimum Gasteiger partial charge on any atom is -0.379 e. The first-order valence-electron chi connectivity index (χ1n) is 8.29. The van der Waals surface area contributed by atoms with Crippen LogP contribution in [0.1, 0.15) is 24.8 Å². The SMILES string of the molecule is O=C(N1CCC(Nc2cccnc2)C1)C1(c2ccccc2)CC1. The number of hydrogen-bond donors (Lipinski definition) is 1. The van der Waals surface area contributed by atoms with Gasteiger partial charge in [0.2, 0.25) is 5.91 Å². The minimum atomic E-state index is -0.246. The van der Waals surface area contributed by atoms with E-state index in [2.05, 4.69) is 22.4 Å². The third-order valence-corrected chi connectivity index (χ3v) is 4.99. The molecular weight excluding hydrogens is 286 g/mol. The predicted molar refractivity (Wildman–Crippen MR) is 90.2 cm³/mol. The van der Waals surface area contributed by atoms with Gasteiger partial charge in [-0.05, 0) is 37.0 Å². The molecule has 1 aliphatic heterocycles. The van der Waals surface area contributed by atoms with Crippen molar-refractivity contribution in [3.8, 4) is 0 Å². The molecule has 4 heteroatoms. The molecular formula is C19H21N3O. The summed E-state index contributed by atoms with van der Waals surface area (Å²) >= 11 is 0. The van der Waals surface area contributed by atoms with Crippen LogP contribution in [0.5, 0.6) is 0 Å². The lowest BCUT2D eigenvalue weighted by Crippen LogP contribution is -2.39. The van der Waals surface area contributed by atoms with Gasteiger partial charge in [0, 0.05) is 31.5 Å². The number of rotatable bonds is 4. The summed E-state index contributed by atoms with van der Waals surface area (Å²) in [6, 6.07) is 14.5. The van der Waals surface area contributed by atoms with Crippen molar-refractivity contribution >= 4 is 11.6 Å². The number of nitrogens with zero attached hydrogens (tertiary/aromatic N) is 2. The fourth-order valence-corrected chi connectivity index (χ4v) is 3.56. The number of pyridine rings is 1. The van der Waals surface area contributed by atoms with E-state index < -0.39 is 0 Å². The van der Waals surface area contributed by atoms with Gasteiger partial charge in [0.05, 0.1) is 11.1 Å². The first-order chi connectivity index (χ1) is 11.3. The monoisotopic (exact) mass is 307 g/mol. The summed E-state index contributed by atoms with van der Waals surface area (Å²) in [5, 5.41) is 3.48. The van der Waals surface area contributed by atoms with E-state index in [1.54, 1.807) is 6.20 Å². The second kappa shape index (κ2) is 5.69. The number of benzene rings is 1. The van der Waals surface area contributed by atoms with Gasteiger partial charge in [-0.25, -0.2) is 0 Å². The topological polar surface area (TPSA) is 45.2 Å². The molecule has 1 aromatic carbocycles. The largest absolute Gasteiger partial charge is 0.379 e. The fourth-order valence-electron chi connectivity index (χ4n) is 3.56. The highest BCUT2D eigenvalue weighted by molar-refractivity contribution is 5.91. The Hall–Kier alpha value is -2.36. The Labute approximate surface area is 136 Å². The predicted octanol–water partition coefficient (Wildman–Crippen LogP) is 2.83. The average Bonchev–Trinajstić information content (AvgIpc) is 3.30. The fraction of sp³-hybridized carbons (Fsp3) is 0.368. The van der Waals surface area contributed by atoms with Crippen molar-refractivity contribution in [3.05, 3.63) is 60.4 Å². The lowest BCUT2D eigenvalue weighted by Gasteiger charge is -2.24. The summed E-state index contributed by atoms with van der Waals surface area (Å²) in [6.45, 7) is 1.62. The van der Waals surface area contributed by atoms with E-state index in [4.69, 9.17) is 0 Å². The molecule has 4 nitrogen and oxygen atoms in total. The second-order valence-corrected chi connectivity index (χ2v) is 6.57. The van der Waals surface area contributed by atoms with E-state index in [1.165, 1.54) is 5.56 Å². The Bertz CT molecular complexity index is 682. The maximum absolute atomic E-state index is 13.0. The summed E-state index contributed by atoms with van der Waals surface area (Å²) < 4.78 is 0. The van der Waals surface area contributed by atoms with Gasteiger partial charge in [0.1, 0.15) is 0 Å². The van der Waals surface area contributed by atoms with Crippen LogP contribution in [-0.4, -0.2) is 34.9 Å². The van der Waals surface area contributed by atoms with Crippen LogP contribution in [0.2, 0.25) is 0 Å². The van der Waals surface area contributed by atoms with Crippen molar-refractivity contribution < 1.29 is 4.79 Å². The Balaban J connectivity index is 1.43. The maximum atomic E-state index is 13.0. The molecule has 4 rings (SSSR count). The van der Waals surface area contributed by atoms with E-state index in [1.807, 2.05) is 41.4 Å². The highest BCUT2D eigenvalue weighted by Crippen LogP contribution is 2.49. The number of aromatic nitrogens is 1. The smallest absolute Gasteiger partial charge is 0.233 e. The highest BCUT2D eigenvalue weighted by atomic mass is 16.2. The van der Waals surface area contributed by atoms with Crippen LogP contribution in [-0.2, 0) is 10.2 Å². The molecule has 1 saturated heterocycles. The molecule has 1 unspecified atom stereocenters. The first kappa shape index (κ1) is 14.2. The van der Waals surface area contributed by atoms with Gasteiger partial charge in [0.15, 0.2) is 0 Å². The average molecular weight is 307 g/mol. The standard InChI is InChI=1S/C19H21N3O/c23-18(19(9-10-19)15-5-2-1-3-6-15)22-12-8-17(14-22)21-16-7-4-11-20-13-16/h1-7,11,13,17,21H,8-10,12,14H2. The van der Waals surface area contributed by atoms with Crippen LogP contribution < -0.4 is 5.32 Å². The molecule has 1 saturated carbocycles. The van der Waals surface area contributed by atoms with Gasteiger partial charge < -0.3 is 10.2 Å². The van der Waals surface area contributed by atoms with Crippen molar-refractivity contribution in [1.29, 1.82) is 0 Å². The molecule has 1 amide bonds. The summed E-state index contributed by atoms with van der Waals surface area (Å²) in [5.74, 6) is 0.305. The zero-order valence-electron chi connectivity index (χ0n) is 13.1. The Morgan fingerprint density at radius 3 is 2.70 bits per heavy atom. The lowest BCUT2D eigenvalue weighted by molar-refractivity contribution is -0.132. The summed E-state index contributed by atoms with van der Waals surface area (Å²) in [6.07, 6.45) is 6.55. The van der Waals surface area contributed by atoms with Crippen LogP contribution in [0.3, 0.4) is 0 Å². The van der Waals surface area contributed by atoms with Crippen LogP contribution in [0, 0.1) is 0 Å². The molecule has 1 N–H and O–H groups in total. The van der Waals surface area contributed by atoms with Crippen LogP contribution in [0.4, 0.5) is 5.69 Å². The molecule has 118 valence electrons. The van der Waals surface area contributed by atoms with Crippen LogP contribution in [0.15, 0.2) is 54.9 Å². The molecule has 0 spiro atoms. The molecule has 0 bridgehead atoms. The van der Waals surface area contributed by atoms with Crippen molar-refractivity contribution in [2.24, 2.45) is 0 Å². The quantitative estimate of drug-likeness (QED) is 0.944. The number of nitrogens with one attached hydrogen (secondary N) is 1. The van der Waals surface area contributed by atoms with Crippen molar-refractivity contribution in [2.75, 3.05) is 18.4 Å². The summed E-state index contributed by atoms with van der Waals surface area (Å²) in [5.41, 5.74) is 1.95.